The van der Waals surface area contributed by atoms with Gasteiger partial charge in [0, 0.05) is 28.2 Å². The zero-order chi connectivity index (χ0) is 12.4. The first-order valence-corrected chi connectivity index (χ1v) is 5.99. The van der Waals surface area contributed by atoms with Gasteiger partial charge in [-0.1, -0.05) is 24.3 Å². The average Bonchev–Trinajstić information content (AvgIpc) is 2.78. The molecule has 2 rings (SSSR count). The van der Waals surface area contributed by atoms with E-state index >= 15 is 0 Å². The molecule has 0 saturated carbocycles. The maximum atomic E-state index is 12.4. The van der Waals surface area contributed by atoms with E-state index in [2.05, 4.69) is 4.98 Å². The molecule has 0 aliphatic carbocycles. The molecule has 2 nitrogen and oxygen atoms in total. The van der Waals surface area contributed by atoms with Crippen LogP contribution < -0.4 is 5.73 Å². The number of nitrogens with zero attached hydrogens (tertiary/aromatic N) is 1. The fourth-order valence-corrected chi connectivity index (χ4v) is 2.28. The molecule has 90 valence electrons. The standard InChI is InChI=1S/C12H12F2N2S/c1-7(15)10-6-16-12(17-10)9-4-2-8(3-5-9)11(13)14/h2-7,11H,15H2,1H3/t7-/m0/s1. The van der Waals surface area contributed by atoms with Gasteiger partial charge in [-0.3, -0.25) is 0 Å². The summed E-state index contributed by atoms with van der Waals surface area (Å²) >= 11 is 1.48. The van der Waals surface area contributed by atoms with Gasteiger partial charge in [0.2, 0.25) is 0 Å². The molecule has 0 bridgehead atoms. The predicted octanol–water partition coefficient (Wildman–Crippen LogP) is 3.77. The van der Waals surface area contributed by atoms with E-state index in [0.29, 0.717) is 0 Å². The molecule has 0 fully saturated rings. The number of aromatic nitrogens is 1. The van der Waals surface area contributed by atoms with Crippen molar-refractivity contribution < 1.29 is 8.78 Å². The van der Waals surface area contributed by atoms with Crippen LogP contribution in [-0.2, 0) is 0 Å². The summed E-state index contributed by atoms with van der Waals surface area (Å²) in [7, 11) is 0. The third-order valence-electron chi connectivity index (χ3n) is 2.38. The van der Waals surface area contributed by atoms with Crippen LogP contribution in [0, 0.1) is 0 Å². The third-order valence-corrected chi connectivity index (χ3v) is 3.63. The molecule has 2 aromatic rings. The molecule has 1 atom stereocenters. The minimum absolute atomic E-state index is 0.0257. The Morgan fingerprint density at radius 3 is 2.35 bits per heavy atom. The van der Waals surface area contributed by atoms with Crippen LogP contribution in [0.5, 0.6) is 0 Å². The van der Waals surface area contributed by atoms with Crippen molar-refractivity contribution in [3.8, 4) is 10.6 Å². The zero-order valence-electron chi connectivity index (χ0n) is 9.23. The van der Waals surface area contributed by atoms with Gasteiger partial charge in [-0.25, -0.2) is 13.8 Å². The first-order valence-electron chi connectivity index (χ1n) is 5.17. The van der Waals surface area contributed by atoms with Gasteiger partial charge in [0.05, 0.1) is 0 Å². The summed E-state index contributed by atoms with van der Waals surface area (Å²) in [6, 6.07) is 6.11. The Labute approximate surface area is 102 Å². The van der Waals surface area contributed by atoms with Crippen molar-refractivity contribution in [2.75, 3.05) is 0 Å². The van der Waals surface area contributed by atoms with Gasteiger partial charge in [-0.05, 0) is 6.92 Å². The average molecular weight is 254 g/mol. The van der Waals surface area contributed by atoms with Gasteiger partial charge < -0.3 is 5.73 Å². The minimum Gasteiger partial charge on any atom is -0.323 e. The smallest absolute Gasteiger partial charge is 0.263 e. The monoisotopic (exact) mass is 254 g/mol. The highest BCUT2D eigenvalue weighted by molar-refractivity contribution is 7.15. The number of hydrogen-bond donors (Lipinski definition) is 1. The number of halogens is 2. The van der Waals surface area contributed by atoms with E-state index in [0.717, 1.165) is 15.4 Å². The molecule has 0 saturated heterocycles. The van der Waals surface area contributed by atoms with Gasteiger partial charge in [-0.15, -0.1) is 11.3 Å². The Kier molecular flexibility index (Phi) is 3.49. The van der Waals surface area contributed by atoms with Gasteiger partial charge >= 0.3 is 0 Å². The molecule has 0 spiro atoms. The van der Waals surface area contributed by atoms with Gasteiger partial charge in [0.15, 0.2) is 0 Å². The van der Waals surface area contributed by atoms with Crippen molar-refractivity contribution in [1.29, 1.82) is 0 Å². The van der Waals surface area contributed by atoms with E-state index in [4.69, 9.17) is 5.73 Å². The maximum Gasteiger partial charge on any atom is 0.263 e. The van der Waals surface area contributed by atoms with Crippen molar-refractivity contribution in [3.05, 3.63) is 40.9 Å². The summed E-state index contributed by atoms with van der Waals surface area (Å²) in [5.74, 6) is 0. The second-order valence-corrected chi connectivity index (χ2v) is 4.84. The molecule has 1 heterocycles. The van der Waals surface area contributed by atoms with Gasteiger partial charge in [-0.2, -0.15) is 0 Å². The lowest BCUT2D eigenvalue weighted by atomic mass is 10.1. The molecular formula is C12H12F2N2S. The van der Waals surface area contributed by atoms with Crippen molar-refractivity contribution in [1.82, 2.24) is 4.98 Å². The number of hydrogen-bond acceptors (Lipinski definition) is 3. The molecule has 5 heteroatoms. The van der Waals surface area contributed by atoms with Crippen molar-refractivity contribution >= 4 is 11.3 Å². The lowest BCUT2D eigenvalue weighted by Crippen LogP contribution is -2.01. The Balaban J connectivity index is 2.27. The summed E-state index contributed by atoms with van der Waals surface area (Å²) < 4.78 is 24.8. The third kappa shape index (κ3) is 2.68. The fraction of sp³-hybridized carbons (Fsp3) is 0.250. The molecule has 0 amide bonds. The first-order chi connectivity index (χ1) is 8.08. The van der Waals surface area contributed by atoms with Crippen LogP contribution in [0.1, 0.15) is 29.8 Å². The first kappa shape index (κ1) is 12.1. The number of nitrogens with two attached hydrogens (primary N) is 1. The maximum absolute atomic E-state index is 12.4. The van der Waals surface area contributed by atoms with Crippen LogP contribution in [0.4, 0.5) is 8.78 Å². The van der Waals surface area contributed by atoms with Crippen LogP contribution in [0.2, 0.25) is 0 Å². The van der Waals surface area contributed by atoms with Crippen LogP contribution in [0.15, 0.2) is 30.5 Å². The van der Waals surface area contributed by atoms with E-state index in [9.17, 15) is 8.78 Å². The van der Waals surface area contributed by atoms with Crippen molar-refractivity contribution in [2.24, 2.45) is 5.73 Å². The van der Waals surface area contributed by atoms with Crippen LogP contribution in [0.3, 0.4) is 0 Å². The molecule has 0 aliphatic rings. The number of rotatable bonds is 3. The largest absolute Gasteiger partial charge is 0.323 e. The van der Waals surface area contributed by atoms with Crippen LogP contribution in [0.25, 0.3) is 10.6 Å². The Morgan fingerprint density at radius 1 is 1.24 bits per heavy atom. The SMILES string of the molecule is C[C@H](N)c1cnc(-c2ccc(C(F)F)cc2)s1. The number of benzene rings is 1. The van der Waals surface area contributed by atoms with E-state index in [1.54, 1.807) is 18.3 Å². The Morgan fingerprint density at radius 2 is 1.88 bits per heavy atom. The molecular weight excluding hydrogens is 242 g/mol. The topological polar surface area (TPSA) is 38.9 Å². The molecule has 17 heavy (non-hydrogen) atoms. The zero-order valence-corrected chi connectivity index (χ0v) is 10.0. The predicted molar refractivity (Wildman–Crippen MR) is 65.1 cm³/mol. The summed E-state index contributed by atoms with van der Waals surface area (Å²) in [5.41, 5.74) is 6.61. The summed E-state index contributed by atoms with van der Waals surface area (Å²) in [6.45, 7) is 1.89. The Bertz CT molecular complexity index is 491. The van der Waals surface area contributed by atoms with Gasteiger partial charge in [0.25, 0.3) is 6.43 Å². The molecule has 0 radical (unpaired) electrons. The molecule has 2 N–H and O–H groups in total. The van der Waals surface area contributed by atoms with Crippen molar-refractivity contribution in [3.63, 3.8) is 0 Å². The molecule has 0 unspecified atom stereocenters. The number of alkyl halides is 2. The minimum atomic E-state index is -2.43. The van der Waals surface area contributed by atoms with E-state index in [1.165, 1.54) is 23.5 Å². The summed E-state index contributed by atoms with van der Waals surface area (Å²) in [4.78, 5) is 5.22. The highest BCUT2D eigenvalue weighted by Crippen LogP contribution is 2.29. The lowest BCUT2D eigenvalue weighted by molar-refractivity contribution is 0.151. The van der Waals surface area contributed by atoms with E-state index in [1.807, 2.05) is 6.92 Å². The molecule has 1 aromatic carbocycles. The lowest BCUT2D eigenvalue weighted by Gasteiger charge is -2.01. The van der Waals surface area contributed by atoms with Crippen molar-refractivity contribution in [2.45, 2.75) is 19.4 Å². The second-order valence-electron chi connectivity index (χ2n) is 3.78. The highest BCUT2D eigenvalue weighted by Gasteiger charge is 2.10. The second kappa shape index (κ2) is 4.89. The quantitative estimate of drug-likeness (QED) is 0.905. The number of thiazole rings is 1. The Hall–Kier alpha value is -1.33. The summed E-state index contributed by atoms with van der Waals surface area (Å²) in [5, 5.41) is 0.804. The van der Waals surface area contributed by atoms with E-state index < -0.39 is 6.43 Å². The van der Waals surface area contributed by atoms with Crippen LogP contribution >= 0.6 is 11.3 Å². The van der Waals surface area contributed by atoms with E-state index in [-0.39, 0.29) is 11.6 Å². The van der Waals surface area contributed by atoms with Crippen LogP contribution in [-0.4, -0.2) is 4.98 Å². The fourth-order valence-electron chi connectivity index (χ4n) is 1.40. The van der Waals surface area contributed by atoms with Gasteiger partial charge in [0.1, 0.15) is 5.01 Å². The summed E-state index contributed by atoms with van der Waals surface area (Å²) in [6.07, 6.45) is -0.703. The normalized spacial score (nSPS) is 13.0. The molecule has 1 aromatic heterocycles. The highest BCUT2D eigenvalue weighted by atomic mass is 32.1. The molecule has 0 aliphatic heterocycles.